The molecule has 1 N–H and O–H groups in total. The van der Waals surface area contributed by atoms with Crippen LogP contribution in [0.4, 0.5) is 0 Å². The highest BCUT2D eigenvalue weighted by Crippen LogP contribution is 2.33. The van der Waals surface area contributed by atoms with Crippen LogP contribution in [0.15, 0.2) is 83.8 Å². The van der Waals surface area contributed by atoms with Gasteiger partial charge in [0.05, 0.1) is 19.1 Å². The van der Waals surface area contributed by atoms with E-state index in [9.17, 15) is 13.2 Å². The van der Waals surface area contributed by atoms with Gasteiger partial charge in [-0.3, -0.25) is 4.79 Å². The smallest absolute Gasteiger partial charge is 0.246 e. The van der Waals surface area contributed by atoms with Gasteiger partial charge in [-0.25, -0.2) is 8.42 Å². The number of hydrogen-bond acceptors (Lipinski definition) is 4. The number of benzene rings is 3. The highest BCUT2D eigenvalue weighted by atomic mass is 32.2. The number of ether oxygens (including phenoxy) is 1. The summed E-state index contributed by atoms with van der Waals surface area (Å²) in [6, 6.07) is 24.6. The van der Waals surface area contributed by atoms with E-state index in [1.807, 2.05) is 80.6 Å². The first-order valence-electron chi connectivity index (χ1n) is 12.4. The van der Waals surface area contributed by atoms with E-state index in [4.69, 9.17) is 4.74 Å². The molecular weight excluding hydrogens is 472 g/mol. The van der Waals surface area contributed by atoms with Gasteiger partial charge in [-0.05, 0) is 47.6 Å². The minimum atomic E-state index is -3.83. The van der Waals surface area contributed by atoms with Crippen LogP contribution in [-0.2, 0) is 14.8 Å². The predicted molar refractivity (Wildman–Crippen MR) is 141 cm³/mol. The average Bonchev–Trinajstić information content (AvgIpc) is 2.92. The van der Waals surface area contributed by atoms with Crippen LogP contribution in [0.2, 0.25) is 0 Å². The summed E-state index contributed by atoms with van der Waals surface area (Å²) < 4.78 is 34.2. The highest BCUT2D eigenvalue weighted by molar-refractivity contribution is 7.89. The van der Waals surface area contributed by atoms with Crippen molar-refractivity contribution >= 4 is 15.9 Å². The Kier molecular flexibility index (Phi) is 8.11. The molecule has 3 aromatic carbocycles. The van der Waals surface area contributed by atoms with Gasteiger partial charge in [0.15, 0.2) is 0 Å². The summed E-state index contributed by atoms with van der Waals surface area (Å²) in [5.74, 6) is -0.0879. The monoisotopic (exact) mass is 506 g/mol. The molecule has 1 aliphatic rings. The van der Waals surface area contributed by atoms with Gasteiger partial charge < -0.3 is 10.1 Å². The Morgan fingerprint density at radius 1 is 0.944 bits per heavy atom. The summed E-state index contributed by atoms with van der Waals surface area (Å²) in [5.41, 5.74) is 2.88. The van der Waals surface area contributed by atoms with Crippen molar-refractivity contribution in [3.63, 3.8) is 0 Å². The number of amides is 1. The maximum Gasteiger partial charge on any atom is 0.246 e. The molecule has 1 fully saturated rings. The van der Waals surface area contributed by atoms with Crippen LogP contribution in [0.5, 0.6) is 5.75 Å². The zero-order chi connectivity index (χ0) is 25.7. The van der Waals surface area contributed by atoms with Gasteiger partial charge in [0.25, 0.3) is 0 Å². The zero-order valence-corrected chi connectivity index (χ0v) is 21.9. The van der Waals surface area contributed by atoms with Crippen LogP contribution >= 0.6 is 0 Å². The largest absolute Gasteiger partial charge is 0.495 e. The number of nitrogens with one attached hydrogen (secondary N) is 1. The molecule has 0 aliphatic carbocycles. The molecule has 3 aromatic rings. The minimum absolute atomic E-state index is 0.138. The van der Waals surface area contributed by atoms with Crippen LogP contribution in [0.3, 0.4) is 0 Å². The Hall–Kier alpha value is -3.16. The number of methoxy groups -OCH3 is 1. The summed E-state index contributed by atoms with van der Waals surface area (Å²) in [5, 5.41) is 3.19. The first-order valence-corrected chi connectivity index (χ1v) is 13.8. The van der Waals surface area contributed by atoms with Gasteiger partial charge in [0, 0.05) is 13.1 Å². The van der Waals surface area contributed by atoms with Gasteiger partial charge >= 0.3 is 0 Å². The zero-order valence-electron chi connectivity index (χ0n) is 21.1. The third-order valence-corrected chi connectivity index (χ3v) is 8.67. The maximum atomic E-state index is 13.7. The van der Waals surface area contributed by atoms with Crippen molar-refractivity contribution in [3.8, 4) is 5.75 Å². The first-order chi connectivity index (χ1) is 17.3. The molecule has 190 valence electrons. The molecule has 1 heterocycles. The Balaban J connectivity index is 1.57. The number of sulfonamides is 1. The molecule has 0 saturated carbocycles. The van der Waals surface area contributed by atoms with E-state index in [1.54, 1.807) is 12.1 Å². The first kappa shape index (κ1) is 25.9. The Morgan fingerprint density at radius 2 is 1.56 bits per heavy atom. The second-order valence-corrected chi connectivity index (χ2v) is 11.4. The molecule has 1 aliphatic heterocycles. The van der Waals surface area contributed by atoms with Crippen molar-refractivity contribution in [1.29, 1.82) is 0 Å². The summed E-state index contributed by atoms with van der Waals surface area (Å²) >= 11 is 0. The molecule has 0 bridgehead atoms. The average molecular weight is 507 g/mol. The van der Waals surface area contributed by atoms with Crippen molar-refractivity contribution < 1.29 is 17.9 Å². The molecule has 0 unspecified atom stereocenters. The van der Waals surface area contributed by atoms with E-state index in [0.717, 1.165) is 16.7 Å². The molecule has 1 atom stereocenters. The summed E-state index contributed by atoms with van der Waals surface area (Å²) in [4.78, 5) is 13.6. The lowest BCUT2D eigenvalue weighted by molar-refractivity contribution is -0.126. The number of piperidine rings is 1. The second kappa shape index (κ2) is 11.3. The molecule has 4 rings (SSSR count). The lowest BCUT2D eigenvalue weighted by atomic mass is 9.95. The third kappa shape index (κ3) is 5.63. The van der Waals surface area contributed by atoms with Crippen molar-refractivity contribution in [3.05, 3.63) is 95.6 Å². The molecule has 7 heteroatoms. The topological polar surface area (TPSA) is 75.7 Å². The summed E-state index contributed by atoms with van der Waals surface area (Å²) in [7, 11) is -2.36. The van der Waals surface area contributed by atoms with Crippen LogP contribution < -0.4 is 10.1 Å². The molecule has 1 amide bonds. The molecule has 36 heavy (non-hydrogen) atoms. The van der Waals surface area contributed by atoms with E-state index in [-0.39, 0.29) is 29.3 Å². The number of nitrogens with zero attached hydrogens (tertiary/aromatic N) is 1. The predicted octanol–water partition coefficient (Wildman–Crippen LogP) is 5.13. The van der Waals surface area contributed by atoms with Crippen LogP contribution in [0, 0.1) is 5.92 Å². The van der Waals surface area contributed by atoms with Crippen LogP contribution in [0.25, 0.3) is 0 Å². The van der Waals surface area contributed by atoms with E-state index in [2.05, 4.69) is 5.32 Å². The molecular formula is C29H34N2O4S. The van der Waals surface area contributed by atoms with E-state index in [0.29, 0.717) is 25.1 Å². The van der Waals surface area contributed by atoms with Crippen LogP contribution in [0.1, 0.15) is 55.3 Å². The van der Waals surface area contributed by atoms with E-state index < -0.39 is 15.9 Å². The molecule has 1 saturated heterocycles. The van der Waals surface area contributed by atoms with Gasteiger partial charge in [0.2, 0.25) is 15.9 Å². The third-order valence-electron chi connectivity index (χ3n) is 6.78. The Morgan fingerprint density at radius 3 is 2.11 bits per heavy atom. The fourth-order valence-electron chi connectivity index (χ4n) is 4.68. The van der Waals surface area contributed by atoms with Gasteiger partial charge in [-0.15, -0.1) is 0 Å². The quantitative estimate of drug-likeness (QED) is 0.460. The minimum Gasteiger partial charge on any atom is -0.495 e. The highest BCUT2D eigenvalue weighted by Gasteiger charge is 2.35. The molecule has 0 spiro atoms. The Bertz CT molecular complexity index is 1240. The van der Waals surface area contributed by atoms with Crippen molar-refractivity contribution in [1.82, 2.24) is 9.62 Å². The lowest BCUT2D eigenvalue weighted by Crippen LogP contribution is -2.46. The molecule has 6 nitrogen and oxygen atoms in total. The second-order valence-electron chi connectivity index (χ2n) is 9.53. The summed E-state index contributed by atoms with van der Waals surface area (Å²) in [6.07, 6.45) is 1.25. The van der Waals surface area contributed by atoms with E-state index >= 15 is 0 Å². The number of rotatable bonds is 8. The number of carbonyl (C=O) groups is 1. The lowest BCUT2D eigenvalue weighted by Gasteiger charge is -2.32. The summed E-state index contributed by atoms with van der Waals surface area (Å²) in [6.45, 7) is 4.56. The van der Waals surface area contributed by atoms with E-state index in [1.165, 1.54) is 11.4 Å². The van der Waals surface area contributed by atoms with Gasteiger partial charge in [-0.1, -0.05) is 80.6 Å². The van der Waals surface area contributed by atoms with Crippen molar-refractivity contribution in [2.45, 2.75) is 43.5 Å². The van der Waals surface area contributed by atoms with Crippen molar-refractivity contribution in [2.75, 3.05) is 20.2 Å². The maximum absolute atomic E-state index is 13.7. The standard InChI is InChI=1S/C29H34N2O4S/c1-21(2)24-16-17-26(35-3)27(19-24)36(33,34)31-18-10-15-25(20-31)29(32)30-28(22-11-6-4-7-12-22)23-13-8-5-9-14-23/h4-9,11-14,16-17,19,21,25,28H,10,15,18,20H2,1-3H3,(H,30,32)/t25-/m1/s1. The molecule has 0 radical (unpaired) electrons. The van der Waals surface area contributed by atoms with Gasteiger partial charge in [0.1, 0.15) is 10.6 Å². The van der Waals surface area contributed by atoms with Crippen LogP contribution in [-0.4, -0.2) is 38.8 Å². The SMILES string of the molecule is COc1ccc(C(C)C)cc1S(=O)(=O)N1CCC[C@@H](C(=O)NC(c2ccccc2)c2ccccc2)C1. The number of carbonyl (C=O) groups excluding carboxylic acids is 1. The van der Waals surface area contributed by atoms with Crippen molar-refractivity contribution in [2.24, 2.45) is 5.92 Å². The Labute approximate surface area is 214 Å². The molecule has 0 aromatic heterocycles. The fraction of sp³-hybridized carbons (Fsp3) is 0.345. The fourth-order valence-corrected chi connectivity index (χ4v) is 6.39. The normalized spacial score (nSPS) is 16.8. The van der Waals surface area contributed by atoms with Gasteiger partial charge in [-0.2, -0.15) is 4.31 Å². The number of hydrogen-bond donors (Lipinski definition) is 1.